The summed E-state index contributed by atoms with van der Waals surface area (Å²) in [5.41, 5.74) is 1.14. The van der Waals surface area contributed by atoms with E-state index in [9.17, 15) is 9.18 Å². The van der Waals surface area contributed by atoms with Gasteiger partial charge in [-0.15, -0.1) is 0 Å². The molecule has 0 amide bonds. The maximum absolute atomic E-state index is 13.1. The normalized spacial score (nSPS) is 19.4. The first-order chi connectivity index (χ1) is 9.63. The van der Waals surface area contributed by atoms with Crippen LogP contribution in [0.3, 0.4) is 0 Å². The summed E-state index contributed by atoms with van der Waals surface area (Å²) in [7, 11) is 1.40. The minimum atomic E-state index is -0.406. The average Bonchev–Trinajstić information content (AvgIpc) is 2.48. The van der Waals surface area contributed by atoms with Crippen molar-refractivity contribution < 1.29 is 13.9 Å². The van der Waals surface area contributed by atoms with Crippen molar-refractivity contribution in [2.45, 2.75) is 19.4 Å². The maximum Gasteiger partial charge on any atom is 0.309 e. The molecule has 1 heterocycles. The van der Waals surface area contributed by atoms with E-state index < -0.39 is 5.82 Å². The van der Waals surface area contributed by atoms with Crippen LogP contribution in [0.2, 0.25) is 0 Å². The fraction of sp³-hybridized carbons (Fsp3) is 0.467. The Balaban J connectivity index is 2.07. The van der Waals surface area contributed by atoms with E-state index in [4.69, 9.17) is 10.00 Å². The van der Waals surface area contributed by atoms with E-state index in [0.29, 0.717) is 18.7 Å². The molecule has 1 atom stereocenters. The van der Waals surface area contributed by atoms with Crippen LogP contribution in [-0.2, 0) is 16.1 Å². The second kappa shape index (κ2) is 6.49. The molecule has 0 aliphatic carbocycles. The number of rotatable bonds is 3. The fourth-order valence-electron chi connectivity index (χ4n) is 2.59. The quantitative estimate of drug-likeness (QED) is 0.793. The lowest BCUT2D eigenvalue weighted by atomic mass is 9.97. The van der Waals surface area contributed by atoms with Crippen molar-refractivity contribution in [3.8, 4) is 6.07 Å². The molecule has 0 bridgehead atoms. The van der Waals surface area contributed by atoms with Crippen molar-refractivity contribution in [2.24, 2.45) is 5.92 Å². The van der Waals surface area contributed by atoms with Crippen LogP contribution < -0.4 is 0 Å². The Kier molecular flexibility index (Phi) is 4.70. The number of carbonyl (C=O) groups excluding carboxylic acids is 1. The number of likely N-dealkylation sites (tertiary alicyclic amines) is 1. The van der Waals surface area contributed by atoms with E-state index in [1.165, 1.54) is 19.2 Å². The number of esters is 1. The maximum atomic E-state index is 13.1. The highest BCUT2D eigenvalue weighted by Crippen LogP contribution is 2.21. The van der Waals surface area contributed by atoms with Gasteiger partial charge in [-0.2, -0.15) is 5.26 Å². The molecule has 1 aromatic carbocycles. The Morgan fingerprint density at radius 2 is 2.40 bits per heavy atom. The monoisotopic (exact) mass is 276 g/mol. The molecule has 1 aliphatic heterocycles. The Hall–Kier alpha value is -1.93. The zero-order valence-electron chi connectivity index (χ0n) is 11.4. The van der Waals surface area contributed by atoms with E-state index in [1.807, 2.05) is 6.07 Å². The summed E-state index contributed by atoms with van der Waals surface area (Å²) in [5.74, 6) is -0.703. The van der Waals surface area contributed by atoms with Gasteiger partial charge < -0.3 is 4.74 Å². The van der Waals surface area contributed by atoms with Gasteiger partial charge in [0.25, 0.3) is 0 Å². The van der Waals surface area contributed by atoms with E-state index >= 15 is 0 Å². The van der Waals surface area contributed by atoms with Gasteiger partial charge in [-0.3, -0.25) is 9.69 Å². The summed E-state index contributed by atoms with van der Waals surface area (Å²) in [6, 6.07) is 6.25. The minimum Gasteiger partial charge on any atom is -0.469 e. The lowest BCUT2D eigenvalue weighted by Gasteiger charge is -2.31. The summed E-state index contributed by atoms with van der Waals surface area (Å²) in [4.78, 5) is 13.7. The van der Waals surface area contributed by atoms with Crippen molar-refractivity contribution in [2.75, 3.05) is 20.2 Å². The van der Waals surface area contributed by atoms with Gasteiger partial charge in [0.05, 0.1) is 24.7 Å². The summed E-state index contributed by atoms with van der Waals surface area (Å²) in [6.45, 7) is 2.04. The van der Waals surface area contributed by atoms with Gasteiger partial charge in [0.15, 0.2) is 0 Å². The van der Waals surface area contributed by atoms with Crippen LogP contribution in [-0.4, -0.2) is 31.1 Å². The fourth-order valence-corrected chi connectivity index (χ4v) is 2.59. The van der Waals surface area contributed by atoms with Crippen LogP contribution in [0.5, 0.6) is 0 Å². The molecular formula is C15H17FN2O2. The molecule has 4 nitrogen and oxygen atoms in total. The molecule has 0 unspecified atom stereocenters. The number of piperidine rings is 1. The molecule has 5 heteroatoms. The number of halogens is 1. The third-order valence-corrected chi connectivity index (χ3v) is 3.63. The third-order valence-electron chi connectivity index (χ3n) is 3.63. The Labute approximate surface area is 117 Å². The number of hydrogen-bond donors (Lipinski definition) is 0. The molecule has 2 rings (SSSR count). The van der Waals surface area contributed by atoms with Crippen molar-refractivity contribution >= 4 is 5.97 Å². The van der Waals surface area contributed by atoms with Crippen molar-refractivity contribution in [3.05, 3.63) is 35.1 Å². The minimum absolute atomic E-state index is 0.111. The number of hydrogen-bond acceptors (Lipinski definition) is 4. The zero-order chi connectivity index (χ0) is 14.5. The summed E-state index contributed by atoms with van der Waals surface area (Å²) in [5, 5.41) is 9.04. The van der Waals surface area contributed by atoms with Crippen LogP contribution in [0.4, 0.5) is 4.39 Å². The molecule has 1 fully saturated rings. The number of nitriles is 1. The molecule has 0 spiro atoms. The number of nitrogens with zero attached hydrogens (tertiary/aromatic N) is 2. The van der Waals surface area contributed by atoms with E-state index in [1.54, 1.807) is 6.07 Å². The Bertz CT molecular complexity index is 539. The van der Waals surface area contributed by atoms with Gasteiger partial charge in [0, 0.05) is 13.1 Å². The first-order valence-corrected chi connectivity index (χ1v) is 6.62. The molecule has 0 radical (unpaired) electrons. The number of benzene rings is 1. The predicted molar refractivity (Wildman–Crippen MR) is 71.1 cm³/mol. The number of carbonyl (C=O) groups is 1. The molecule has 106 valence electrons. The van der Waals surface area contributed by atoms with Crippen LogP contribution in [0.25, 0.3) is 0 Å². The highest BCUT2D eigenvalue weighted by Gasteiger charge is 2.26. The van der Waals surface area contributed by atoms with Gasteiger partial charge in [0.2, 0.25) is 0 Å². The van der Waals surface area contributed by atoms with Crippen LogP contribution >= 0.6 is 0 Å². The standard InChI is InChI=1S/C15H17FN2O2/c1-20-15(19)12-3-2-6-18(10-12)9-11-4-5-14(16)7-13(11)8-17/h4-5,7,12H,2-3,6,9-10H2,1H3/t12-/m0/s1. The largest absolute Gasteiger partial charge is 0.469 e. The highest BCUT2D eigenvalue weighted by atomic mass is 19.1. The molecule has 0 saturated carbocycles. The zero-order valence-corrected chi connectivity index (χ0v) is 11.4. The molecule has 1 saturated heterocycles. The Morgan fingerprint density at radius 3 is 3.10 bits per heavy atom. The van der Waals surface area contributed by atoms with E-state index in [-0.39, 0.29) is 11.9 Å². The lowest BCUT2D eigenvalue weighted by Crippen LogP contribution is -2.38. The lowest BCUT2D eigenvalue weighted by molar-refractivity contribution is -0.147. The topological polar surface area (TPSA) is 53.3 Å². The third kappa shape index (κ3) is 3.34. The second-order valence-electron chi connectivity index (χ2n) is 5.01. The van der Waals surface area contributed by atoms with E-state index in [0.717, 1.165) is 24.9 Å². The molecule has 1 aliphatic rings. The molecule has 0 aromatic heterocycles. The first kappa shape index (κ1) is 14.5. The molecule has 20 heavy (non-hydrogen) atoms. The highest BCUT2D eigenvalue weighted by molar-refractivity contribution is 5.72. The second-order valence-corrected chi connectivity index (χ2v) is 5.01. The van der Waals surface area contributed by atoms with Crippen molar-refractivity contribution in [3.63, 3.8) is 0 Å². The molecular weight excluding hydrogens is 259 g/mol. The molecule has 0 N–H and O–H groups in total. The van der Waals surface area contributed by atoms with Crippen molar-refractivity contribution in [1.29, 1.82) is 5.26 Å². The SMILES string of the molecule is COC(=O)[C@H]1CCCN(Cc2ccc(F)cc2C#N)C1. The van der Waals surface area contributed by atoms with Gasteiger partial charge in [0.1, 0.15) is 5.82 Å². The Morgan fingerprint density at radius 1 is 1.60 bits per heavy atom. The molecule has 1 aromatic rings. The van der Waals surface area contributed by atoms with Crippen molar-refractivity contribution in [1.82, 2.24) is 4.90 Å². The van der Waals surface area contributed by atoms with Gasteiger partial charge in [-0.05, 0) is 37.1 Å². The van der Waals surface area contributed by atoms with Crippen LogP contribution in [0.1, 0.15) is 24.0 Å². The van der Waals surface area contributed by atoms with Crippen LogP contribution in [0, 0.1) is 23.1 Å². The smallest absolute Gasteiger partial charge is 0.309 e. The number of ether oxygens (including phenoxy) is 1. The van der Waals surface area contributed by atoms with E-state index in [2.05, 4.69) is 4.90 Å². The summed E-state index contributed by atoms with van der Waals surface area (Å²) < 4.78 is 17.9. The summed E-state index contributed by atoms with van der Waals surface area (Å²) >= 11 is 0. The number of methoxy groups -OCH3 is 1. The van der Waals surface area contributed by atoms with Gasteiger partial charge >= 0.3 is 5.97 Å². The average molecular weight is 276 g/mol. The van der Waals surface area contributed by atoms with Crippen LogP contribution in [0.15, 0.2) is 18.2 Å². The first-order valence-electron chi connectivity index (χ1n) is 6.62. The van der Waals surface area contributed by atoms with Gasteiger partial charge in [-0.1, -0.05) is 6.07 Å². The summed E-state index contributed by atoms with van der Waals surface area (Å²) in [6.07, 6.45) is 1.75. The predicted octanol–water partition coefficient (Wildman–Crippen LogP) is 2.08. The van der Waals surface area contributed by atoms with Gasteiger partial charge in [-0.25, -0.2) is 4.39 Å².